The first kappa shape index (κ1) is 16.0. The molecule has 20 heavy (non-hydrogen) atoms. The minimum absolute atomic E-state index is 0.734. The molecule has 2 aliphatic heterocycles. The number of likely N-dealkylation sites (N-methyl/N-ethyl adjacent to an activating group) is 1. The third-order valence-electron chi connectivity index (χ3n) is 4.77. The van der Waals surface area contributed by atoms with Gasteiger partial charge in [0.1, 0.15) is 0 Å². The maximum Gasteiger partial charge on any atom is 0.0198 e. The summed E-state index contributed by atoms with van der Waals surface area (Å²) in [6.07, 6.45) is 7.73. The van der Waals surface area contributed by atoms with Gasteiger partial charge in [-0.25, -0.2) is 0 Å². The Labute approximate surface area is 125 Å². The quantitative estimate of drug-likeness (QED) is 0.780. The minimum atomic E-state index is 0.734. The highest BCUT2D eigenvalue weighted by Gasteiger charge is 2.24. The standard InChI is InChI=1S/C17H33N3/c1-4-19-10-5-6-17(14-19)18-16-8-12-20(13-9-16)11-7-15(2)3/h7,16-18H,4-6,8-14H2,1-3H3. The van der Waals surface area contributed by atoms with Crippen LogP contribution in [0.15, 0.2) is 11.6 Å². The molecule has 1 N–H and O–H groups in total. The van der Waals surface area contributed by atoms with Gasteiger partial charge in [0.15, 0.2) is 0 Å². The first-order valence-corrected chi connectivity index (χ1v) is 8.51. The van der Waals surface area contributed by atoms with Crippen molar-refractivity contribution in [3.63, 3.8) is 0 Å². The van der Waals surface area contributed by atoms with Crippen molar-refractivity contribution in [2.24, 2.45) is 0 Å². The van der Waals surface area contributed by atoms with Gasteiger partial charge >= 0.3 is 0 Å². The van der Waals surface area contributed by atoms with Crippen LogP contribution in [-0.4, -0.2) is 61.2 Å². The second kappa shape index (κ2) is 8.16. The molecule has 0 amide bonds. The van der Waals surface area contributed by atoms with Crippen LogP contribution < -0.4 is 5.32 Å². The van der Waals surface area contributed by atoms with Crippen molar-refractivity contribution in [1.82, 2.24) is 15.1 Å². The van der Waals surface area contributed by atoms with Gasteiger partial charge in [0, 0.05) is 25.2 Å². The van der Waals surface area contributed by atoms with Gasteiger partial charge in [-0.05, 0) is 65.7 Å². The molecule has 0 aromatic heterocycles. The summed E-state index contributed by atoms with van der Waals surface area (Å²) in [6.45, 7) is 14.1. The van der Waals surface area contributed by atoms with E-state index in [9.17, 15) is 0 Å². The Balaban J connectivity index is 1.67. The van der Waals surface area contributed by atoms with Gasteiger partial charge in [-0.2, -0.15) is 0 Å². The highest BCUT2D eigenvalue weighted by Crippen LogP contribution is 2.15. The maximum atomic E-state index is 3.92. The summed E-state index contributed by atoms with van der Waals surface area (Å²) < 4.78 is 0. The van der Waals surface area contributed by atoms with Crippen molar-refractivity contribution in [1.29, 1.82) is 0 Å². The first-order valence-electron chi connectivity index (χ1n) is 8.51. The lowest BCUT2D eigenvalue weighted by Crippen LogP contribution is -2.51. The number of hydrogen-bond donors (Lipinski definition) is 1. The molecule has 2 heterocycles. The molecule has 0 aromatic carbocycles. The Morgan fingerprint density at radius 2 is 1.80 bits per heavy atom. The second-order valence-electron chi connectivity index (χ2n) is 6.76. The molecular weight excluding hydrogens is 246 g/mol. The molecule has 2 saturated heterocycles. The van der Waals surface area contributed by atoms with Crippen molar-refractivity contribution < 1.29 is 0 Å². The number of piperidine rings is 2. The van der Waals surface area contributed by atoms with Gasteiger partial charge in [-0.3, -0.25) is 4.90 Å². The van der Waals surface area contributed by atoms with Crippen LogP contribution >= 0.6 is 0 Å². The minimum Gasteiger partial charge on any atom is -0.310 e. The summed E-state index contributed by atoms with van der Waals surface area (Å²) in [5.74, 6) is 0. The summed E-state index contributed by atoms with van der Waals surface area (Å²) in [5, 5.41) is 3.92. The lowest BCUT2D eigenvalue weighted by molar-refractivity contribution is 0.162. The predicted molar refractivity (Wildman–Crippen MR) is 87.2 cm³/mol. The molecule has 2 aliphatic rings. The van der Waals surface area contributed by atoms with E-state index < -0.39 is 0 Å². The molecule has 0 aliphatic carbocycles. The predicted octanol–water partition coefficient (Wildman–Crippen LogP) is 2.49. The summed E-state index contributed by atoms with van der Waals surface area (Å²) >= 11 is 0. The molecule has 0 bridgehead atoms. The first-order chi connectivity index (χ1) is 9.67. The topological polar surface area (TPSA) is 18.5 Å². The molecule has 1 unspecified atom stereocenters. The van der Waals surface area contributed by atoms with Crippen LogP contribution in [0.1, 0.15) is 46.5 Å². The Morgan fingerprint density at radius 3 is 2.45 bits per heavy atom. The van der Waals surface area contributed by atoms with E-state index in [2.05, 4.69) is 42.0 Å². The van der Waals surface area contributed by atoms with Crippen LogP contribution in [0.5, 0.6) is 0 Å². The summed E-state index contributed by atoms with van der Waals surface area (Å²) in [6, 6.07) is 1.48. The molecule has 0 radical (unpaired) electrons. The van der Waals surface area contributed by atoms with E-state index in [1.807, 2.05) is 0 Å². The van der Waals surface area contributed by atoms with Crippen molar-refractivity contribution in [3.05, 3.63) is 11.6 Å². The van der Waals surface area contributed by atoms with Gasteiger partial charge in [-0.1, -0.05) is 18.6 Å². The van der Waals surface area contributed by atoms with E-state index in [-0.39, 0.29) is 0 Å². The van der Waals surface area contributed by atoms with Crippen LogP contribution in [0.25, 0.3) is 0 Å². The maximum absolute atomic E-state index is 3.92. The highest BCUT2D eigenvalue weighted by atomic mass is 15.2. The molecule has 116 valence electrons. The molecule has 3 heteroatoms. The van der Waals surface area contributed by atoms with Crippen molar-refractivity contribution in [2.75, 3.05) is 39.3 Å². The fourth-order valence-electron chi connectivity index (χ4n) is 3.41. The molecule has 3 nitrogen and oxygen atoms in total. The fraction of sp³-hybridized carbons (Fsp3) is 0.882. The number of likely N-dealkylation sites (tertiary alicyclic amines) is 2. The Bertz CT molecular complexity index is 301. The van der Waals surface area contributed by atoms with Crippen molar-refractivity contribution >= 4 is 0 Å². The third kappa shape index (κ3) is 5.19. The summed E-state index contributed by atoms with van der Waals surface area (Å²) in [5.41, 5.74) is 1.44. The normalized spacial score (nSPS) is 26.6. The number of rotatable bonds is 5. The smallest absolute Gasteiger partial charge is 0.0198 e. The Kier molecular flexibility index (Phi) is 6.53. The number of allylic oxidation sites excluding steroid dienone is 1. The molecule has 0 spiro atoms. The summed E-state index contributed by atoms with van der Waals surface area (Å²) in [7, 11) is 0. The van der Waals surface area contributed by atoms with Crippen LogP contribution in [0, 0.1) is 0 Å². The van der Waals surface area contributed by atoms with Crippen LogP contribution in [-0.2, 0) is 0 Å². The number of hydrogen-bond acceptors (Lipinski definition) is 3. The van der Waals surface area contributed by atoms with E-state index in [0.29, 0.717) is 0 Å². The van der Waals surface area contributed by atoms with Gasteiger partial charge < -0.3 is 10.2 Å². The monoisotopic (exact) mass is 279 g/mol. The van der Waals surface area contributed by atoms with Gasteiger partial charge in [-0.15, -0.1) is 0 Å². The SMILES string of the molecule is CCN1CCCC(NC2CCN(CC=C(C)C)CC2)C1. The average Bonchev–Trinajstić information content (AvgIpc) is 2.47. The highest BCUT2D eigenvalue weighted by molar-refractivity contribution is 4.96. The molecule has 2 fully saturated rings. The molecule has 0 saturated carbocycles. The van der Waals surface area contributed by atoms with Crippen LogP contribution in [0.3, 0.4) is 0 Å². The largest absolute Gasteiger partial charge is 0.310 e. The zero-order valence-corrected chi connectivity index (χ0v) is 13.7. The Hall–Kier alpha value is -0.380. The van der Waals surface area contributed by atoms with Crippen molar-refractivity contribution in [2.45, 2.75) is 58.5 Å². The fourth-order valence-corrected chi connectivity index (χ4v) is 3.41. The van der Waals surface area contributed by atoms with Gasteiger partial charge in [0.25, 0.3) is 0 Å². The lowest BCUT2D eigenvalue weighted by Gasteiger charge is -2.38. The molecule has 2 rings (SSSR count). The van der Waals surface area contributed by atoms with E-state index in [1.165, 1.54) is 64.0 Å². The summed E-state index contributed by atoms with van der Waals surface area (Å²) in [4.78, 5) is 5.18. The molecular formula is C17H33N3. The van der Waals surface area contributed by atoms with E-state index in [1.54, 1.807) is 0 Å². The third-order valence-corrected chi connectivity index (χ3v) is 4.77. The number of nitrogens with one attached hydrogen (secondary N) is 1. The number of nitrogens with zero attached hydrogens (tertiary/aromatic N) is 2. The zero-order chi connectivity index (χ0) is 14.4. The van der Waals surface area contributed by atoms with E-state index in [4.69, 9.17) is 0 Å². The second-order valence-corrected chi connectivity index (χ2v) is 6.76. The average molecular weight is 279 g/mol. The van der Waals surface area contributed by atoms with Crippen molar-refractivity contribution in [3.8, 4) is 0 Å². The Morgan fingerprint density at radius 1 is 1.05 bits per heavy atom. The lowest BCUT2D eigenvalue weighted by atomic mass is 10.00. The van der Waals surface area contributed by atoms with Crippen LogP contribution in [0.2, 0.25) is 0 Å². The zero-order valence-electron chi connectivity index (χ0n) is 13.7. The molecule has 0 aromatic rings. The van der Waals surface area contributed by atoms with Gasteiger partial charge in [0.2, 0.25) is 0 Å². The molecule has 1 atom stereocenters. The van der Waals surface area contributed by atoms with E-state index in [0.717, 1.165) is 18.6 Å². The van der Waals surface area contributed by atoms with Crippen LogP contribution in [0.4, 0.5) is 0 Å². The van der Waals surface area contributed by atoms with Gasteiger partial charge in [0.05, 0.1) is 0 Å². The van der Waals surface area contributed by atoms with E-state index >= 15 is 0 Å².